The van der Waals surface area contributed by atoms with Gasteiger partial charge in [-0.05, 0) is 48.5 Å². The van der Waals surface area contributed by atoms with Gasteiger partial charge < -0.3 is 14.8 Å². The summed E-state index contributed by atoms with van der Waals surface area (Å²) in [6.07, 6.45) is 0. The summed E-state index contributed by atoms with van der Waals surface area (Å²) in [5, 5.41) is 2.61. The molecular formula is C18H18N2O7S. The number of nitrogens with one attached hydrogen (secondary N) is 2. The molecular weight excluding hydrogens is 388 g/mol. The van der Waals surface area contributed by atoms with Gasteiger partial charge in [-0.3, -0.25) is 9.59 Å². The van der Waals surface area contributed by atoms with Gasteiger partial charge in [-0.1, -0.05) is 0 Å². The molecule has 0 saturated carbocycles. The molecule has 2 aromatic carbocycles. The van der Waals surface area contributed by atoms with E-state index >= 15 is 0 Å². The zero-order valence-electron chi connectivity index (χ0n) is 15.1. The number of ether oxygens (including phenoxy) is 2. The van der Waals surface area contributed by atoms with Gasteiger partial charge in [-0.25, -0.2) is 13.2 Å². The van der Waals surface area contributed by atoms with Crippen molar-refractivity contribution in [1.29, 1.82) is 0 Å². The molecule has 1 amide bonds. The number of hydrogen-bond acceptors (Lipinski definition) is 7. The van der Waals surface area contributed by atoms with Crippen molar-refractivity contribution in [3.8, 4) is 0 Å². The molecule has 2 N–H and O–H groups in total. The number of methoxy groups -OCH3 is 2. The van der Waals surface area contributed by atoms with E-state index in [-0.39, 0.29) is 4.90 Å². The lowest BCUT2D eigenvalue weighted by Crippen LogP contribution is -2.30. The van der Waals surface area contributed by atoms with Crippen LogP contribution in [-0.4, -0.2) is 47.0 Å². The van der Waals surface area contributed by atoms with E-state index in [1.54, 1.807) is 0 Å². The molecule has 0 spiro atoms. The highest BCUT2D eigenvalue weighted by atomic mass is 32.2. The smallest absolute Gasteiger partial charge is 0.337 e. The van der Waals surface area contributed by atoms with Crippen LogP contribution < -0.4 is 10.0 Å². The van der Waals surface area contributed by atoms with Gasteiger partial charge in [0, 0.05) is 11.3 Å². The summed E-state index contributed by atoms with van der Waals surface area (Å²) in [6, 6.07) is 11.3. The van der Waals surface area contributed by atoms with Gasteiger partial charge in [-0.2, -0.15) is 4.72 Å². The SMILES string of the molecule is COC(=O)CNS(=O)(=O)c1ccc(NC(=O)c2ccc(C(=O)OC)cc2)cc1. The number of carbonyl (C=O) groups is 3. The fraction of sp³-hybridized carbons (Fsp3) is 0.167. The van der Waals surface area contributed by atoms with Crippen LogP contribution in [0.4, 0.5) is 5.69 Å². The van der Waals surface area contributed by atoms with Crippen LogP contribution in [-0.2, 0) is 24.3 Å². The first-order valence-corrected chi connectivity index (χ1v) is 9.41. The molecule has 9 nitrogen and oxygen atoms in total. The molecule has 148 valence electrons. The molecule has 0 aromatic heterocycles. The number of sulfonamides is 1. The van der Waals surface area contributed by atoms with E-state index in [0.29, 0.717) is 16.8 Å². The first kappa shape index (κ1) is 21.1. The summed E-state index contributed by atoms with van der Waals surface area (Å²) in [7, 11) is -1.47. The van der Waals surface area contributed by atoms with E-state index in [9.17, 15) is 22.8 Å². The average molecular weight is 406 g/mol. The van der Waals surface area contributed by atoms with Gasteiger partial charge >= 0.3 is 11.9 Å². The number of anilines is 1. The van der Waals surface area contributed by atoms with E-state index in [1.165, 1.54) is 55.6 Å². The molecule has 0 bridgehead atoms. The molecule has 0 unspecified atom stereocenters. The number of benzene rings is 2. The van der Waals surface area contributed by atoms with Gasteiger partial charge in [0.2, 0.25) is 10.0 Å². The lowest BCUT2D eigenvalue weighted by molar-refractivity contribution is -0.139. The summed E-state index contributed by atoms with van der Waals surface area (Å²) in [5.74, 6) is -1.66. The fourth-order valence-corrected chi connectivity index (χ4v) is 3.07. The van der Waals surface area contributed by atoms with Crippen molar-refractivity contribution >= 4 is 33.6 Å². The van der Waals surface area contributed by atoms with Gasteiger partial charge in [-0.15, -0.1) is 0 Å². The lowest BCUT2D eigenvalue weighted by Gasteiger charge is -2.08. The Morgan fingerprint density at radius 2 is 1.43 bits per heavy atom. The van der Waals surface area contributed by atoms with Crippen molar-refractivity contribution in [2.45, 2.75) is 4.90 Å². The Morgan fingerprint density at radius 3 is 1.96 bits per heavy atom. The molecule has 0 saturated heterocycles. The van der Waals surface area contributed by atoms with Gasteiger partial charge in [0.1, 0.15) is 6.54 Å². The van der Waals surface area contributed by atoms with Crippen LogP contribution >= 0.6 is 0 Å². The first-order chi connectivity index (χ1) is 13.3. The normalized spacial score (nSPS) is 10.8. The number of amides is 1. The second-order valence-electron chi connectivity index (χ2n) is 5.45. The quantitative estimate of drug-likeness (QED) is 0.661. The maximum absolute atomic E-state index is 12.2. The molecule has 0 aliphatic rings. The highest BCUT2D eigenvalue weighted by Crippen LogP contribution is 2.15. The fourth-order valence-electron chi connectivity index (χ4n) is 2.11. The maximum Gasteiger partial charge on any atom is 0.337 e. The molecule has 0 aliphatic carbocycles. The number of hydrogen-bond donors (Lipinski definition) is 2. The second-order valence-corrected chi connectivity index (χ2v) is 7.22. The predicted octanol–water partition coefficient (Wildman–Crippen LogP) is 1.18. The maximum atomic E-state index is 12.2. The highest BCUT2D eigenvalue weighted by Gasteiger charge is 2.16. The Morgan fingerprint density at radius 1 is 0.857 bits per heavy atom. The topological polar surface area (TPSA) is 128 Å². The molecule has 0 heterocycles. The molecule has 2 aromatic rings. The van der Waals surface area contributed by atoms with Crippen molar-refractivity contribution in [2.75, 3.05) is 26.1 Å². The van der Waals surface area contributed by atoms with Crippen LogP contribution in [0.2, 0.25) is 0 Å². The minimum absolute atomic E-state index is 0.0724. The van der Waals surface area contributed by atoms with E-state index < -0.39 is 34.4 Å². The van der Waals surface area contributed by atoms with Crippen LogP contribution in [0.1, 0.15) is 20.7 Å². The highest BCUT2D eigenvalue weighted by molar-refractivity contribution is 7.89. The number of carbonyl (C=O) groups excluding carboxylic acids is 3. The second kappa shape index (κ2) is 9.11. The Bertz CT molecular complexity index is 968. The first-order valence-electron chi connectivity index (χ1n) is 7.93. The third kappa shape index (κ3) is 5.38. The molecule has 0 radical (unpaired) electrons. The molecule has 0 fully saturated rings. The van der Waals surface area contributed by atoms with Crippen molar-refractivity contribution in [3.05, 3.63) is 59.7 Å². The summed E-state index contributed by atoms with van der Waals surface area (Å²) in [5.41, 5.74) is 0.992. The number of rotatable bonds is 7. The van der Waals surface area contributed by atoms with Gasteiger partial charge in [0.05, 0.1) is 24.7 Å². The third-order valence-electron chi connectivity index (χ3n) is 3.62. The van der Waals surface area contributed by atoms with Crippen LogP contribution in [0.3, 0.4) is 0 Å². The van der Waals surface area contributed by atoms with Crippen molar-refractivity contribution in [1.82, 2.24) is 4.72 Å². The Balaban J connectivity index is 2.04. The summed E-state index contributed by atoms with van der Waals surface area (Å²) < 4.78 is 35.2. The van der Waals surface area contributed by atoms with E-state index in [1.807, 2.05) is 0 Å². The number of esters is 2. The largest absolute Gasteiger partial charge is 0.468 e. The standard InChI is InChI=1S/C18H18N2O7S/c1-26-16(21)11-19-28(24,25)15-9-7-14(8-10-15)20-17(22)12-3-5-13(6-4-12)18(23)27-2/h3-10,19H,11H2,1-2H3,(H,20,22). The van der Waals surface area contributed by atoms with E-state index in [0.717, 1.165) is 7.11 Å². The molecule has 2 rings (SSSR count). The van der Waals surface area contributed by atoms with Crippen LogP contribution in [0.25, 0.3) is 0 Å². The lowest BCUT2D eigenvalue weighted by atomic mass is 10.1. The van der Waals surface area contributed by atoms with Crippen LogP contribution in [0.15, 0.2) is 53.4 Å². The van der Waals surface area contributed by atoms with Gasteiger partial charge in [0.25, 0.3) is 5.91 Å². The Labute approximate surface area is 161 Å². The average Bonchev–Trinajstić information content (AvgIpc) is 2.71. The molecule has 0 aliphatic heterocycles. The molecule has 28 heavy (non-hydrogen) atoms. The zero-order valence-corrected chi connectivity index (χ0v) is 15.9. The minimum Gasteiger partial charge on any atom is -0.468 e. The molecule has 10 heteroatoms. The van der Waals surface area contributed by atoms with E-state index in [2.05, 4.69) is 19.5 Å². The molecule has 0 atom stereocenters. The van der Waals surface area contributed by atoms with Gasteiger partial charge in [0.15, 0.2) is 0 Å². The monoisotopic (exact) mass is 406 g/mol. The summed E-state index contributed by atoms with van der Waals surface area (Å²) in [4.78, 5) is 34.6. The zero-order chi connectivity index (χ0) is 20.7. The Hall–Kier alpha value is -3.24. The predicted molar refractivity (Wildman–Crippen MR) is 99.4 cm³/mol. The third-order valence-corrected chi connectivity index (χ3v) is 5.04. The van der Waals surface area contributed by atoms with E-state index in [4.69, 9.17) is 0 Å². The van der Waals surface area contributed by atoms with Crippen LogP contribution in [0, 0.1) is 0 Å². The van der Waals surface area contributed by atoms with Crippen molar-refractivity contribution < 1.29 is 32.3 Å². The van der Waals surface area contributed by atoms with Crippen molar-refractivity contribution in [2.24, 2.45) is 0 Å². The summed E-state index contributed by atoms with van der Waals surface area (Å²) in [6.45, 7) is -0.487. The summed E-state index contributed by atoms with van der Waals surface area (Å²) >= 11 is 0. The Kier molecular flexibility index (Phi) is 6.85. The minimum atomic E-state index is -3.89. The van der Waals surface area contributed by atoms with Crippen molar-refractivity contribution in [3.63, 3.8) is 0 Å². The van der Waals surface area contributed by atoms with Crippen LogP contribution in [0.5, 0.6) is 0 Å².